The number of rotatable bonds is 2. The van der Waals surface area contributed by atoms with Crippen molar-refractivity contribution in [2.45, 2.75) is 32.1 Å². The van der Waals surface area contributed by atoms with E-state index in [0.29, 0.717) is 5.88 Å². The molecule has 2 rings (SSSR count). The van der Waals surface area contributed by atoms with Crippen LogP contribution in [0.5, 0.6) is 0 Å². The first-order chi connectivity index (χ1) is 7.29. The molecule has 0 radical (unpaired) electrons. The predicted octanol–water partition coefficient (Wildman–Crippen LogP) is 2.51. The average molecular weight is 226 g/mol. The Balaban J connectivity index is 2.22. The fraction of sp³-hybridized carbons (Fsp3) is 0.636. The third-order valence-electron chi connectivity index (χ3n) is 2.67. The highest BCUT2D eigenvalue weighted by atomic mass is 35.5. The largest absolute Gasteiger partial charge is 0.341 e. The Labute approximate surface area is 95.5 Å². The summed E-state index contributed by atoms with van der Waals surface area (Å²) < 4.78 is 0. The van der Waals surface area contributed by atoms with Crippen molar-refractivity contribution in [2.75, 3.05) is 18.0 Å². The predicted molar refractivity (Wildman–Crippen MR) is 62.4 cm³/mol. The molecule has 0 aliphatic carbocycles. The van der Waals surface area contributed by atoms with Gasteiger partial charge in [-0.2, -0.15) is 0 Å². The Morgan fingerprint density at radius 3 is 2.67 bits per heavy atom. The van der Waals surface area contributed by atoms with Crippen LogP contribution >= 0.6 is 11.6 Å². The molecular formula is C11H16ClN3. The molecule has 82 valence electrons. The Hall–Kier alpha value is -0.830. The van der Waals surface area contributed by atoms with Gasteiger partial charge in [0.25, 0.3) is 0 Å². The monoisotopic (exact) mass is 225 g/mol. The maximum absolute atomic E-state index is 5.80. The summed E-state index contributed by atoms with van der Waals surface area (Å²) in [4.78, 5) is 11.2. The number of aryl methyl sites for hydroxylation is 1. The van der Waals surface area contributed by atoms with E-state index in [1.165, 1.54) is 19.3 Å². The summed E-state index contributed by atoms with van der Waals surface area (Å²) in [5, 5.41) is 0. The molecule has 3 nitrogen and oxygen atoms in total. The van der Waals surface area contributed by atoms with Crippen LogP contribution in [0.15, 0.2) is 6.07 Å². The molecule has 15 heavy (non-hydrogen) atoms. The van der Waals surface area contributed by atoms with Gasteiger partial charge in [0.2, 0.25) is 5.95 Å². The molecule has 0 saturated carbocycles. The highest BCUT2D eigenvalue weighted by Gasteiger charge is 2.14. The second-order valence-electron chi connectivity index (χ2n) is 3.98. The quantitative estimate of drug-likeness (QED) is 0.725. The van der Waals surface area contributed by atoms with Gasteiger partial charge in [0.15, 0.2) is 0 Å². The molecular weight excluding hydrogens is 210 g/mol. The van der Waals surface area contributed by atoms with Crippen LogP contribution in [-0.2, 0) is 5.88 Å². The molecule has 1 aromatic heterocycles. The molecule has 1 fully saturated rings. The summed E-state index contributed by atoms with van der Waals surface area (Å²) in [6, 6.07) is 1.94. The molecule has 0 aromatic carbocycles. The first-order valence-corrected chi connectivity index (χ1v) is 5.98. The third kappa shape index (κ3) is 2.59. The second kappa shape index (κ2) is 4.79. The molecule has 0 N–H and O–H groups in total. The van der Waals surface area contributed by atoms with Gasteiger partial charge in [-0.25, -0.2) is 9.97 Å². The number of anilines is 1. The Morgan fingerprint density at radius 2 is 2.00 bits per heavy atom. The van der Waals surface area contributed by atoms with Crippen molar-refractivity contribution in [3.8, 4) is 0 Å². The van der Waals surface area contributed by atoms with Crippen LogP contribution < -0.4 is 4.90 Å². The molecule has 0 spiro atoms. The van der Waals surface area contributed by atoms with Gasteiger partial charge in [-0.1, -0.05) is 0 Å². The van der Waals surface area contributed by atoms with Crippen LogP contribution in [0.1, 0.15) is 30.7 Å². The minimum Gasteiger partial charge on any atom is -0.341 e. The number of halogens is 1. The van der Waals surface area contributed by atoms with E-state index in [9.17, 15) is 0 Å². The van der Waals surface area contributed by atoms with Crippen LogP contribution in [-0.4, -0.2) is 23.1 Å². The van der Waals surface area contributed by atoms with Crippen molar-refractivity contribution in [3.63, 3.8) is 0 Å². The van der Waals surface area contributed by atoms with E-state index in [0.717, 1.165) is 30.4 Å². The summed E-state index contributed by atoms with van der Waals surface area (Å²) in [6.45, 7) is 4.14. The van der Waals surface area contributed by atoms with Crippen molar-refractivity contribution in [3.05, 3.63) is 17.5 Å². The molecule has 1 aliphatic heterocycles. The van der Waals surface area contributed by atoms with Gasteiger partial charge in [0, 0.05) is 18.8 Å². The Bertz CT molecular complexity index is 335. The van der Waals surface area contributed by atoms with E-state index < -0.39 is 0 Å². The first-order valence-electron chi connectivity index (χ1n) is 5.45. The zero-order chi connectivity index (χ0) is 10.7. The molecule has 0 unspecified atom stereocenters. The summed E-state index contributed by atoms with van der Waals surface area (Å²) in [7, 11) is 0. The average Bonchev–Trinajstić information content (AvgIpc) is 2.29. The lowest BCUT2D eigenvalue weighted by Gasteiger charge is -2.27. The maximum Gasteiger partial charge on any atom is 0.225 e. The molecule has 1 saturated heterocycles. The molecule has 4 heteroatoms. The third-order valence-corrected chi connectivity index (χ3v) is 2.95. The first kappa shape index (κ1) is 10.7. The van der Waals surface area contributed by atoms with Crippen molar-refractivity contribution in [1.29, 1.82) is 0 Å². The van der Waals surface area contributed by atoms with E-state index in [4.69, 9.17) is 11.6 Å². The number of hydrogen-bond acceptors (Lipinski definition) is 3. The topological polar surface area (TPSA) is 29.0 Å². The summed E-state index contributed by atoms with van der Waals surface area (Å²) >= 11 is 5.80. The number of piperidine rings is 1. The lowest BCUT2D eigenvalue weighted by Crippen LogP contribution is -2.31. The van der Waals surface area contributed by atoms with Crippen molar-refractivity contribution >= 4 is 17.5 Å². The fourth-order valence-electron chi connectivity index (χ4n) is 1.92. The van der Waals surface area contributed by atoms with Gasteiger partial charge < -0.3 is 4.90 Å². The Morgan fingerprint density at radius 1 is 1.27 bits per heavy atom. The molecule has 0 amide bonds. The smallest absolute Gasteiger partial charge is 0.225 e. The van der Waals surface area contributed by atoms with Crippen molar-refractivity contribution in [1.82, 2.24) is 9.97 Å². The van der Waals surface area contributed by atoms with Gasteiger partial charge in [-0.3, -0.25) is 0 Å². The van der Waals surface area contributed by atoms with Crippen molar-refractivity contribution in [2.24, 2.45) is 0 Å². The standard InChI is InChI=1S/C11H16ClN3/c1-9-7-10(8-12)14-11(13-9)15-5-3-2-4-6-15/h7H,2-6,8H2,1H3. The summed E-state index contributed by atoms with van der Waals surface area (Å²) in [6.07, 6.45) is 3.81. The van der Waals surface area contributed by atoms with Crippen LogP contribution in [0, 0.1) is 6.92 Å². The number of hydrogen-bond donors (Lipinski definition) is 0. The van der Waals surface area contributed by atoms with E-state index in [-0.39, 0.29) is 0 Å². The lowest BCUT2D eigenvalue weighted by molar-refractivity contribution is 0.567. The highest BCUT2D eigenvalue weighted by molar-refractivity contribution is 6.16. The zero-order valence-corrected chi connectivity index (χ0v) is 9.80. The van der Waals surface area contributed by atoms with Crippen LogP contribution in [0.3, 0.4) is 0 Å². The van der Waals surface area contributed by atoms with E-state index in [2.05, 4.69) is 14.9 Å². The minimum atomic E-state index is 0.463. The molecule has 1 aliphatic rings. The van der Waals surface area contributed by atoms with Gasteiger partial charge in [0.05, 0.1) is 11.6 Å². The number of nitrogens with zero attached hydrogens (tertiary/aromatic N) is 3. The molecule has 2 heterocycles. The lowest BCUT2D eigenvalue weighted by atomic mass is 10.1. The second-order valence-corrected chi connectivity index (χ2v) is 4.25. The van der Waals surface area contributed by atoms with Crippen molar-refractivity contribution < 1.29 is 0 Å². The van der Waals surface area contributed by atoms with Crippen LogP contribution in [0.25, 0.3) is 0 Å². The minimum absolute atomic E-state index is 0.463. The fourth-order valence-corrected chi connectivity index (χ4v) is 2.06. The molecule has 0 bridgehead atoms. The van der Waals surface area contributed by atoms with Crippen LogP contribution in [0.4, 0.5) is 5.95 Å². The van der Waals surface area contributed by atoms with Gasteiger partial charge in [-0.15, -0.1) is 11.6 Å². The SMILES string of the molecule is Cc1cc(CCl)nc(N2CCCCC2)n1. The van der Waals surface area contributed by atoms with Gasteiger partial charge in [0.1, 0.15) is 0 Å². The normalized spacial score (nSPS) is 16.8. The zero-order valence-electron chi connectivity index (χ0n) is 9.04. The number of aromatic nitrogens is 2. The molecule has 0 atom stereocenters. The van der Waals surface area contributed by atoms with E-state index >= 15 is 0 Å². The van der Waals surface area contributed by atoms with E-state index in [1.54, 1.807) is 0 Å². The summed E-state index contributed by atoms with van der Waals surface area (Å²) in [5.41, 5.74) is 1.92. The van der Waals surface area contributed by atoms with E-state index in [1.807, 2.05) is 13.0 Å². The maximum atomic E-state index is 5.80. The van der Waals surface area contributed by atoms with Gasteiger partial charge >= 0.3 is 0 Å². The van der Waals surface area contributed by atoms with Crippen LogP contribution in [0.2, 0.25) is 0 Å². The van der Waals surface area contributed by atoms with Gasteiger partial charge in [-0.05, 0) is 32.3 Å². The Kier molecular flexibility index (Phi) is 3.41. The summed E-state index contributed by atoms with van der Waals surface area (Å²) in [5.74, 6) is 1.31. The highest BCUT2D eigenvalue weighted by Crippen LogP contribution is 2.17. The molecule has 1 aromatic rings. The number of alkyl halides is 1.